The van der Waals surface area contributed by atoms with Crippen molar-refractivity contribution in [3.8, 4) is 5.75 Å². The SMILES string of the molecule is CC(C)(C)NC(=O)[C@H](Cc1ccccc1)N(Cc1ccc(Cl)cc1Cl)C(=O)COc1ccc(Cl)cc1Br. The minimum absolute atomic E-state index is 0.0923. The molecule has 3 aromatic carbocycles. The van der Waals surface area contributed by atoms with Crippen molar-refractivity contribution in [3.63, 3.8) is 0 Å². The predicted octanol–water partition coefficient (Wildman–Crippen LogP) is 7.34. The second-order valence-electron chi connectivity index (χ2n) is 9.57. The van der Waals surface area contributed by atoms with Crippen LogP contribution >= 0.6 is 50.7 Å². The summed E-state index contributed by atoms with van der Waals surface area (Å²) in [6.45, 7) is 5.49. The number of benzene rings is 3. The highest BCUT2D eigenvalue weighted by Crippen LogP contribution is 2.29. The van der Waals surface area contributed by atoms with E-state index in [0.29, 0.717) is 37.3 Å². The van der Waals surface area contributed by atoms with E-state index in [4.69, 9.17) is 39.5 Å². The molecule has 9 heteroatoms. The smallest absolute Gasteiger partial charge is 0.261 e. The Kier molecular flexibility index (Phi) is 10.3. The molecule has 0 fully saturated rings. The van der Waals surface area contributed by atoms with Crippen molar-refractivity contribution in [3.05, 3.63) is 97.4 Å². The average molecular weight is 627 g/mol. The summed E-state index contributed by atoms with van der Waals surface area (Å²) in [6.07, 6.45) is 0.310. The Morgan fingerprint density at radius 1 is 0.973 bits per heavy atom. The molecule has 1 N–H and O–H groups in total. The molecule has 196 valence electrons. The van der Waals surface area contributed by atoms with Crippen molar-refractivity contribution >= 4 is 62.5 Å². The summed E-state index contributed by atoms with van der Waals surface area (Å²) in [5.74, 6) is -0.193. The van der Waals surface area contributed by atoms with Gasteiger partial charge in [0, 0.05) is 33.6 Å². The fraction of sp³-hybridized carbons (Fsp3) is 0.286. The van der Waals surface area contributed by atoms with E-state index in [1.54, 1.807) is 36.4 Å². The second-order valence-corrected chi connectivity index (χ2v) is 11.7. The maximum atomic E-state index is 13.7. The van der Waals surface area contributed by atoms with Crippen molar-refractivity contribution in [1.29, 1.82) is 0 Å². The monoisotopic (exact) mass is 624 g/mol. The molecule has 3 rings (SSSR count). The van der Waals surface area contributed by atoms with Gasteiger partial charge in [-0.3, -0.25) is 9.59 Å². The van der Waals surface area contributed by atoms with E-state index in [1.165, 1.54) is 4.90 Å². The zero-order valence-electron chi connectivity index (χ0n) is 20.7. The first-order chi connectivity index (χ1) is 17.4. The molecule has 0 aromatic heterocycles. The van der Waals surface area contributed by atoms with E-state index in [1.807, 2.05) is 51.1 Å². The van der Waals surface area contributed by atoms with E-state index in [2.05, 4.69) is 21.2 Å². The van der Waals surface area contributed by atoms with Crippen LogP contribution in [0.3, 0.4) is 0 Å². The van der Waals surface area contributed by atoms with E-state index in [0.717, 1.165) is 5.56 Å². The Balaban J connectivity index is 1.97. The van der Waals surface area contributed by atoms with Gasteiger partial charge in [-0.2, -0.15) is 0 Å². The number of rotatable bonds is 9. The van der Waals surface area contributed by atoms with Crippen molar-refractivity contribution in [2.75, 3.05) is 6.61 Å². The molecule has 0 aliphatic carbocycles. The molecule has 0 radical (unpaired) electrons. The fourth-order valence-electron chi connectivity index (χ4n) is 3.65. The average Bonchev–Trinajstić information content (AvgIpc) is 2.81. The molecule has 0 aliphatic rings. The van der Waals surface area contributed by atoms with Crippen LogP contribution in [0.15, 0.2) is 71.2 Å². The van der Waals surface area contributed by atoms with Gasteiger partial charge in [0.15, 0.2) is 6.61 Å². The Bertz CT molecular complexity index is 1250. The van der Waals surface area contributed by atoms with Crippen LogP contribution in [-0.4, -0.2) is 34.9 Å². The van der Waals surface area contributed by atoms with E-state index < -0.39 is 11.6 Å². The molecule has 0 heterocycles. The number of carbonyl (C=O) groups is 2. The number of nitrogens with one attached hydrogen (secondary N) is 1. The Morgan fingerprint density at radius 2 is 1.62 bits per heavy atom. The summed E-state index contributed by atoms with van der Waals surface area (Å²) < 4.78 is 6.44. The quantitative estimate of drug-likeness (QED) is 0.270. The van der Waals surface area contributed by atoms with Gasteiger partial charge in [0.25, 0.3) is 5.91 Å². The van der Waals surface area contributed by atoms with Crippen LogP contribution in [0.25, 0.3) is 0 Å². The minimum Gasteiger partial charge on any atom is -0.483 e. The van der Waals surface area contributed by atoms with E-state index in [-0.39, 0.29) is 25.0 Å². The van der Waals surface area contributed by atoms with Gasteiger partial charge in [0.1, 0.15) is 11.8 Å². The summed E-state index contributed by atoms with van der Waals surface area (Å²) in [7, 11) is 0. The van der Waals surface area contributed by atoms with E-state index >= 15 is 0 Å². The summed E-state index contributed by atoms with van der Waals surface area (Å²) in [4.78, 5) is 28.8. The molecular weight excluding hydrogens is 599 g/mol. The molecule has 0 aliphatic heterocycles. The van der Waals surface area contributed by atoms with Crippen LogP contribution in [0.5, 0.6) is 5.75 Å². The van der Waals surface area contributed by atoms with Gasteiger partial charge in [-0.05, 0) is 78.2 Å². The van der Waals surface area contributed by atoms with Crippen LogP contribution in [0.1, 0.15) is 31.9 Å². The van der Waals surface area contributed by atoms with Gasteiger partial charge in [0.05, 0.1) is 4.47 Å². The molecule has 0 saturated carbocycles. The summed E-state index contributed by atoms with van der Waals surface area (Å²) in [6, 6.07) is 18.8. The van der Waals surface area contributed by atoms with Crippen LogP contribution in [0.2, 0.25) is 15.1 Å². The molecule has 0 bridgehead atoms. The third-order valence-corrected chi connectivity index (χ3v) is 6.81. The molecule has 2 amide bonds. The summed E-state index contributed by atoms with van der Waals surface area (Å²) >= 11 is 22.0. The lowest BCUT2D eigenvalue weighted by Crippen LogP contribution is -2.55. The fourth-order valence-corrected chi connectivity index (χ4v) is 4.92. The maximum absolute atomic E-state index is 13.7. The van der Waals surface area contributed by atoms with Crippen molar-refractivity contribution in [2.45, 2.75) is 45.3 Å². The van der Waals surface area contributed by atoms with Crippen molar-refractivity contribution < 1.29 is 14.3 Å². The number of hydrogen-bond acceptors (Lipinski definition) is 3. The molecule has 0 spiro atoms. The van der Waals surface area contributed by atoms with Gasteiger partial charge < -0.3 is 15.0 Å². The van der Waals surface area contributed by atoms with Gasteiger partial charge in [0.2, 0.25) is 5.91 Å². The Morgan fingerprint density at radius 3 is 2.24 bits per heavy atom. The molecule has 37 heavy (non-hydrogen) atoms. The molecule has 1 atom stereocenters. The third kappa shape index (κ3) is 8.92. The van der Waals surface area contributed by atoms with Crippen LogP contribution in [0, 0.1) is 0 Å². The van der Waals surface area contributed by atoms with Crippen LogP contribution in [-0.2, 0) is 22.6 Å². The Labute approximate surface area is 241 Å². The van der Waals surface area contributed by atoms with Gasteiger partial charge in [-0.1, -0.05) is 71.2 Å². The number of hydrogen-bond donors (Lipinski definition) is 1. The minimum atomic E-state index is -0.821. The highest BCUT2D eigenvalue weighted by molar-refractivity contribution is 9.10. The zero-order chi connectivity index (χ0) is 27.2. The zero-order valence-corrected chi connectivity index (χ0v) is 24.6. The van der Waals surface area contributed by atoms with Gasteiger partial charge in [-0.15, -0.1) is 0 Å². The third-order valence-electron chi connectivity index (χ3n) is 5.37. The normalized spacial score (nSPS) is 12.1. The van der Waals surface area contributed by atoms with Crippen molar-refractivity contribution in [2.24, 2.45) is 0 Å². The summed E-state index contributed by atoms with van der Waals surface area (Å²) in [5, 5.41) is 4.44. The first kappa shape index (κ1) is 29.3. The molecule has 5 nitrogen and oxygen atoms in total. The number of carbonyl (C=O) groups excluding carboxylic acids is 2. The number of ether oxygens (including phenoxy) is 1. The van der Waals surface area contributed by atoms with E-state index in [9.17, 15) is 9.59 Å². The Hall–Kier alpha value is -2.25. The number of nitrogens with zero attached hydrogens (tertiary/aromatic N) is 1. The highest BCUT2D eigenvalue weighted by atomic mass is 79.9. The second kappa shape index (κ2) is 13.0. The standard InChI is InChI=1S/C28H28BrCl3N2O3/c1-28(2,3)33-27(36)24(13-18-7-5-4-6-8-18)34(16-19-9-10-21(31)15-23(19)32)26(35)17-37-25-12-11-20(30)14-22(25)29/h4-12,14-15,24H,13,16-17H2,1-3H3,(H,33,36)/t24-/m0/s1. The summed E-state index contributed by atoms with van der Waals surface area (Å²) in [5.41, 5.74) is 1.08. The van der Waals surface area contributed by atoms with Crippen LogP contribution in [0.4, 0.5) is 0 Å². The number of amides is 2. The highest BCUT2D eigenvalue weighted by Gasteiger charge is 2.33. The first-order valence-electron chi connectivity index (χ1n) is 11.6. The predicted molar refractivity (Wildman–Crippen MR) is 153 cm³/mol. The lowest BCUT2D eigenvalue weighted by atomic mass is 10.0. The molecule has 0 saturated heterocycles. The van der Waals surface area contributed by atoms with Gasteiger partial charge in [-0.25, -0.2) is 0 Å². The molecule has 0 unspecified atom stereocenters. The topological polar surface area (TPSA) is 58.6 Å². The lowest BCUT2D eigenvalue weighted by molar-refractivity contribution is -0.143. The van der Waals surface area contributed by atoms with Gasteiger partial charge >= 0.3 is 0 Å². The maximum Gasteiger partial charge on any atom is 0.261 e. The molecule has 3 aromatic rings. The van der Waals surface area contributed by atoms with Crippen molar-refractivity contribution in [1.82, 2.24) is 10.2 Å². The van der Waals surface area contributed by atoms with Crippen LogP contribution < -0.4 is 10.1 Å². The lowest BCUT2D eigenvalue weighted by Gasteiger charge is -2.34. The first-order valence-corrected chi connectivity index (χ1v) is 13.5. The number of halogens is 4. The molecular formula is C28H28BrCl3N2O3. The largest absolute Gasteiger partial charge is 0.483 e.